The van der Waals surface area contributed by atoms with Crippen molar-refractivity contribution in [3.8, 4) is 23.3 Å². The highest BCUT2D eigenvalue weighted by atomic mass is 16.5. The van der Waals surface area contributed by atoms with Gasteiger partial charge in [-0.2, -0.15) is 5.26 Å². The van der Waals surface area contributed by atoms with E-state index in [0.29, 0.717) is 22.9 Å². The van der Waals surface area contributed by atoms with Gasteiger partial charge in [-0.3, -0.25) is 0 Å². The highest BCUT2D eigenvalue weighted by Crippen LogP contribution is 2.38. The minimum absolute atomic E-state index is 0.180. The maximum absolute atomic E-state index is 8.54. The van der Waals surface area contributed by atoms with E-state index in [2.05, 4.69) is 5.32 Å². The Labute approximate surface area is 94.5 Å². The van der Waals surface area contributed by atoms with Crippen LogP contribution in [0.25, 0.3) is 0 Å². The van der Waals surface area contributed by atoms with Gasteiger partial charge in [0.25, 0.3) is 0 Å². The number of nitrogens with one attached hydrogen (secondary N) is 1. The number of hydrogen-bond donors (Lipinski definition) is 1. The number of anilines is 1. The lowest BCUT2D eigenvalue weighted by atomic mass is 10.2. The Bertz CT molecular complexity index is 374. The van der Waals surface area contributed by atoms with Crippen LogP contribution >= 0.6 is 0 Å². The zero-order valence-corrected chi connectivity index (χ0v) is 9.53. The van der Waals surface area contributed by atoms with Gasteiger partial charge < -0.3 is 19.5 Å². The van der Waals surface area contributed by atoms with Crippen LogP contribution in [0.5, 0.6) is 17.2 Å². The summed E-state index contributed by atoms with van der Waals surface area (Å²) in [6.45, 7) is 0.180. The molecular weight excluding hydrogens is 208 g/mol. The van der Waals surface area contributed by atoms with Crippen LogP contribution in [0.1, 0.15) is 0 Å². The molecule has 0 bridgehead atoms. The average Bonchev–Trinajstić information content (AvgIpc) is 2.35. The number of nitrogens with zero attached hydrogens (tertiary/aromatic N) is 1. The highest BCUT2D eigenvalue weighted by Gasteiger charge is 2.12. The van der Waals surface area contributed by atoms with E-state index >= 15 is 0 Å². The smallest absolute Gasteiger partial charge is 0.149 e. The maximum atomic E-state index is 8.54. The van der Waals surface area contributed by atoms with Crippen LogP contribution in [0.3, 0.4) is 0 Å². The summed E-state index contributed by atoms with van der Waals surface area (Å²) in [5, 5.41) is 11.5. The van der Waals surface area contributed by atoms with Crippen LogP contribution in [0.2, 0.25) is 0 Å². The summed E-state index contributed by atoms with van der Waals surface area (Å²) >= 11 is 0. The normalized spacial score (nSPS) is 9.12. The second kappa shape index (κ2) is 5.71. The van der Waals surface area contributed by atoms with E-state index in [4.69, 9.17) is 19.5 Å². The molecule has 0 atom stereocenters. The summed E-state index contributed by atoms with van der Waals surface area (Å²) in [6.07, 6.45) is 0. The van der Waals surface area contributed by atoms with Crippen molar-refractivity contribution in [2.24, 2.45) is 0 Å². The molecule has 0 saturated heterocycles. The van der Waals surface area contributed by atoms with Gasteiger partial charge in [-0.1, -0.05) is 0 Å². The van der Waals surface area contributed by atoms with Gasteiger partial charge in [0.05, 0.1) is 27.4 Å². The van der Waals surface area contributed by atoms with Crippen LogP contribution in [-0.4, -0.2) is 27.9 Å². The molecule has 0 aliphatic heterocycles. The third-order valence-electron chi connectivity index (χ3n) is 2.06. The topological polar surface area (TPSA) is 63.5 Å². The molecule has 16 heavy (non-hydrogen) atoms. The van der Waals surface area contributed by atoms with E-state index in [1.54, 1.807) is 33.5 Å². The number of ether oxygens (including phenoxy) is 3. The summed E-state index contributed by atoms with van der Waals surface area (Å²) in [4.78, 5) is 0. The first-order valence-electron chi connectivity index (χ1n) is 4.67. The Hall–Kier alpha value is -2.09. The predicted molar refractivity (Wildman–Crippen MR) is 60.2 cm³/mol. The minimum Gasteiger partial charge on any atom is -0.496 e. The van der Waals surface area contributed by atoms with Crippen molar-refractivity contribution in [3.63, 3.8) is 0 Å². The molecule has 0 spiro atoms. The first kappa shape index (κ1) is 12.0. The van der Waals surface area contributed by atoms with E-state index in [1.807, 2.05) is 6.07 Å². The van der Waals surface area contributed by atoms with Crippen LogP contribution in [0, 0.1) is 11.3 Å². The second-order valence-electron chi connectivity index (χ2n) is 2.92. The van der Waals surface area contributed by atoms with Crippen molar-refractivity contribution in [2.45, 2.75) is 0 Å². The molecule has 1 aromatic carbocycles. The Balaban J connectivity index is 3.15. The Morgan fingerprint density at radius 2 is 1.69 bits per heavy atom. The van der Waals surface area contributed by atoms with E-state index in [0.717, 1.165) is 0 Å². The van der Waals surface area contributed by atoms with Crippen molar-refractivity contribution in [1.82, 2.24) is 0 Å². The molecule has 0 heterocycles. The molecule has 1 N–H and O–H groups in total. The zero-order valence-electron chi connectivity index (χ0n) is 9.53. The van der Waals surface area contributed by atoms with Crippen molar-refractivity contribution in [1.29, 1.82) is 5.26 Å². The third-order valence-corrected chi connectivity index (χ3v) is 2.06. The molecular formula is C11H14N2O3. The minimum atomic E-state index is 0.180. The fraction of sp³-hybridized carbons (Fsp3) is 0.364. The van der Waals surface area contributed by atoms with Gasteiger partial charge in [0, 0.05) is 12.1 Å². The van der Waals surface area contributed by atoms with Gasteiger partial charge in [0.1, 0.15) is 29.5 Å². The molecule has 86 valence electrons. The van der Waals surface area contributed by atoms with Crippen LogP contribution in [-0.2, 0) is 0 Å². The fourth-order valence-electron chi connectivity index (χ4n) is 1.31. The largest absolute Gasteiger partial charge is 0.496 e. The molecule has 0 unspecified atom stereocenters. The maximum Gasteiger partial charge on any atom is 0.149 e. The Morgan fingerprint density at radius 3 is 2.06 bits per heavy atom. The average molecular weight is 222 g/mol. The summed E-state index contributed by atoms with van der Waals surface area (Å²) in [6, 6.07) is 5.44. The lowest BCUT2D eigenvalue weighted by molar-refractivity contribution is 0.378. The molecule has 1 rings (SSSR count). The SMILES string of the molecule is COc1cc(OC)c(NCC#N)c(OC)c1. The molecule has 0 aliphatic rings. The van der Waals surface area contributed by atoms with Crippen molar-refractivity contribution in [3.05, 3.63) is 12.1 Å². The third kappa shape index (κ3) is 2.48. The standard InChI is InChI=1S/C11H14N2O3/c1-14-8-6-9(15-2)11(13-5-4-12)10(7-8)16-3/h6-7,13H,5H2,1-3H3. The molecule has 0 saturated carbocycles. The first-order chi connectivity index (χ1) is 7.76. The lowest BCUT2D eigenvalue weighted by Crippen LogP contribution is -2.03. The van der Waals surface area contributed by atoms with Crippen molar-refractivity contribution in [2.75, 3.05) is 33.2 Å². The molecule has 5 heteroatoms. The fourth-order valence-corrected chi connectivity index (χ4v) is 1.31. The molecule has 1 aromatic rings. The summed E-state index contributed by atoms with van der Waals surface area (Å²) in [5.74, 6) is 1.79. The van der Waals surface area contributed by atoms with E-state index in [-0.39, 0.29) is 6.54 Å². The molecule has 5 nitrogen and oxygen atoms in total. The lowest BCUT2D eigenvalue weighted by Gasteiger charge is -2.14. The number of hydrogen-bond acceptors (Lipinski definition) is 5. The van der Waals surface area contributed by atoms with Crippen molar-refractivity contribution < 1.29 is 14.2 Å². The Morgan fingerprint density at radius 1 is 1.12 bits per heavy atom. The van der Waals surface area contributed by atoms with Gasteiger partial charge in [0.15, 0.2) is 0 Å². The molecule has 0 aromatic heterocycles. The number of nitriles is 1. The highest BCUT2D eigenvalue weighted by molar-refractivity contribution is 5.69. The first-order valence-corrected chi connectivity index (χ1v) is 4.67. The molecule has 0 amide bonds. The van der Waals surface area contributed by atoms with Gasteiger partial charge >= 0.3 is 0 Å². The number of methoxy groups -OCH3 is 3. The molecule has 0 fully saturated rings. The van der Waals surface area contributed by atoms with Gasteiger partial charge in [-0.25, -0.2) is 0 Å². The second-order valence-corrected chi connectivity index (χ2v) is 2.92. The quantitative estimate of drug-likeness (QED) is 0.767. The monoisotopic (exact) mass is 222 g/mol. The van der Waals surface area contributed by atoms with Gasteiger partial charge in [-0.15, -0.1) is 0 Å². The van der Waals surface area contributed by atoms with Gasteiger partial charge in [-0.05, 0) is 0 Å². The molecule has 0 radical (unpaired) electrons. The summed E-state index contributed by atoms with van der Waals surface area (Å²) in [5.41, 5.74) is 0.646. The van der Waals surface area contributed by atoms with Crippen LogP contribution < -0.4 is 19.5 Å². The van der Waals surface area contributed by atoms with Crippen LogP contribution in [0.15, 0.2) is 12.1 Å². The van der Waals surface area contributed by atoms with E-state index in [1.165, 1.54) is 0 Å². The summed E-state index contributed by atoms with van der Waals surface area (Å²) in [7, 11) is 4.66. The van der Waals surface area contributed by atoms with E-state index in [9.17, 15) is 0 Å². The number of rotatable bonds is 5. The number of benzene rings is 1. The summed E-state index contributed by atoms with van der Waals surface area (Å²) < 4.78 is 15.5. The van der Waals surface area contributed by atoms with E-state index < -0.39 is 0 Å². The predicted octanol–water partition coefficient (Wildman–Crippen LogP) is 1.65. The molecule has 0 aliphatic carbocycles. The zero-order chi connectivity index (χ0) is 12.0. The van der Waals surface area contributed by atoms with Crippen molar-refractivity contribution >= 4 is 5.69 Å². The van der Waals surface area contributed by atoms with Gasteiger partial charge in [0.2, 0.25) is 0 Å². The van der Waals surface area contributed by atoms with Crippen LogP contribution in [0.4, 0.5) is 5.69 Å². The Kier molecular flexibility index (Phi) is 4.28.